The summed E-state index contributed by atoms with van der Waals surface area (Å²) in [5, 5.41) is 22.7. The molecular weight excluding hydrogens is 821 g/mol. The number of halogens is 6. The van der Waals surface area contributed by atoms with Crippen LogP contribution in [-0.4, -0.2) is 74.4 Å². The van der Waals surface area contributed by atoms with E-state index in [1.165, 1.54) is 35.0 Å². The van der Waals surface area contributed by atoms with Crippen molar-refractivity contribution in [3.05, 3.63) is 52.5 Å². The maximum absolute atomic E-state index is 12.9. The number of nitrogens with one attached hydrogen (secondary N) is 2. The van der Waals surface area contributed by atoms with Gasteiger partial charge in [0, 0.05) is 37.6 Å². The number of sulfonamides is 2. The quantitative estimate of drug-likeness (QED) is 0.115. The highest BCUT2D eigenvalue weighted by molar-refractivity contribution is 7.93. The third-order valence-corrected chi connectivity index (χ3v) is 11.7. The van der Waals surface area contributed by atoms with Gasteiger partial charge in [-0.25, -0.2) is 0 Å². The largest absolute Gasteiger partial charge is 0.516 e. The first-order valence-corrected chi connectivity index (χ1v) is 21.1. The smallest absolute Gasteiger partial charge is 0.374 e. The Kier molecular flexibility index (Phi) is 13.9. The molecule has 0 aliphatic carbocycles. The van der Waals surface area contributed by atoms with Crippen LogP contribution in [0.15, 0.2) is 51.6 Å². The molecule has 0 fully saturated rings. The fraction of sp³-hybridized carbons (Fsp3) is 0.467. The van der Waals surface area contributed by atoms with E-state index in [1.807, 2.05) is 37.5 Å². The maximum Gasteiger partial charge on any atom is 0.516 e. The molecule has 2 aliphatic heterocycles. The van der Waals surface area contributed by atoms with Gasteiger partial charge in [0.1, 0.15) is 16.7 Å². The van der Waals surface area contributed by atoms with Crippen LogP contribution < -0.4 is 25.0 Å². The minimum absolute atomic E-state index is 0.0217. The number of azo groups is 1. The molecule has 0 spiro atoms. The zero-order chi connectivity index (χ0) is 40.8. The van der Waals surface area contributed by atoms with Crippen LogP contribution in [0.4, 0.5) is 65.0 Å². The van der Waals surface area contributed by atoms with Crippen molar-refractivity contribution in [3.63, 3.8) is 0 Å². The molecule has 15 nitrogen and oxygen atoms in total. The molecule has 0 bridgehead atoms. The van der Waals surface area contributed by atoms with Crippen molar-refractivity contribution in [1.29, 1.82) is 0 Å². The van der Waals surface area contributed by atoms with Crippen molar-refractivity contribution in [3.8, 4) is 0 Å². The zero-order valence-corrected chi connectivity index (χ0v) is 32.9. The van der Waals surface area contributed by atoms with Gasteiger partial charge in [-0.05, 0) is 73.9 Å². The maximum atomic E-state index is 12.9. The van der Waals surface area contributed by atoms with Gasteiger partial charge in [-0.2, -0.15) is 43.2 Å². The lowest BCUT2D eigenvalue weighted by molar-refractivity contribution is -0.0435. The van der Waals surface area contributed by atoms with Crippen molar-refractivity contribution < 1.29 is 43.2 Å². The van der Waals surface area contributed by atoms with Gasteiger partial charge in [0.05, 0.1) is 11.4 Å². The lowest BCUT2D eigenvalue weighted by Gasteiger charge is -2.34. The Labute approximate surface area is 321 Å². The van der Waals surface area contributed by atoms with Crippen molar-refractivity contribution in [1.82, 2.24) is 20.4 Å². The molecule has 4 N–H and O–H groups in total. The normalized spacial score (nSPS) is 17.3. The Morgan fingerprint density at radius 1 is 0.782 bits per heavy atom. The van der Waals surface area contributed by atoms with Gasteiger partial charge in [0.2, 0.25) is 5.13 Å². The summed E-state index contributed by atoms with van der Waals surface area (Å²) in [6, 6.07) is 7.48. The monoisotopic (exact) mass is 857 g/mol. The second-order valence-corrected chi connectivity index (χ2v) is 17.1. The molecule has 0 saturated heterocycles. The number of hydrogen-bond donors (Lipinski definition) is 3. The summed E-state index contributed by atoms with van der Waals surface area (Å²) in [7, 11) is -11.0. The van der Waals surface area contributed by atoms with E-state index in [0.29, 0.717) is 23.3 Å². The van der Waals surface area contributed by atoms with E-state index < -0.39 is 31.1 Å². The standard InChI is InChI=1S/C15H17F3N6O2S2.C13H17F3N2O2S.C2H3N3S/c1-3-24-5-4-9(2)10-6-11(20-22-14-21-19-8-27-14)12(7-13(10)24)23-28(25,26)15(16,17)18;1-3-18-7-6-9(2)11-5-4-10(8-12(11)18)17-21(19,20)13(14,15)16;3-2-5-4-1-6-2/h6-9,23H,3-5H2,1-2H3;4-5,8-9,17H,3,6-7H2,1-2H3;1H,(H2,3,5). The molecule has 2 aromatic heterocycles. The van der Waals surface area contributed by atoms with Crippen LogP contribution in [-0.2, 0) is 20.0 Å². The average Bonchev–Trinajstić information content (AvgIpc) is 3.81. The average molecular weight is 858 g/mol. The van der Waals surface area contributed by atoms with E-state index in [4.69, 9.17) is 5.73 Å². The third kappa shape index (κ3) is 10.9. The predicted molar refractivity (Wildman–Crippen MR) is 200 cm³/mol. The van der Waals surface area contributed by atoms with Crippen LogP contribution >= 0.6 is 22.7 Å². The van der Waals surface area contributed by atoms with Gasteiger partial charge in [-0.3, -0.25) is 9.44 Å². The third-order valence-electron chi connectivity index (χ3n) is 8.42. The Hall–Kier alpha value is -4.36. The van der Waals surface area contributed by atoms with Crippen molar-refractivity contribution in [2.24, 2.45) is 10.2 Å². The minimum Gasteiger partial charge on any atom is -0.374 e. The van der Waals surface area contributed by atoms with Gasteiger partial charge in [-0.15, -0.1) is 30.6 Å². The summed E-state index contributed by atoms with van der Waals surface area (Å²) in [6.07, 6.45) is 1.83. The van der Waals surface area contributed by atoms with Crippen LogP contribution in [0.2, 0.25) is 0 Å². The second kappa shape index (κ2) is 17.6. The minimum atomic E-state index is -5.61. The predicted octanol–water partition coefficient (Wildman–Crippen LogP) is 7.95. The SMILES string of the molecule is CCN1CCC(C)c2cc(N=Nc3nncs3)c(NS(=O)(=O)C(F)(F)F)cc21.CCN1CCC(C)c2ccc(NS(=O)(=O)C(F)(F)F)cc21.Nc1nncs1. The molecule has 2 atom stereocenters. The first-order valence-electron chi connectivity index (χ1n) is 16.4. The lowest BCUT2D eigenvalue weighted by atomic mass is 9.90. The second-order valence-electron chi connectivity index (χ2n) is 12.0. The molecule has 4 aromatic rings. The number of hydrogen-bond acceptors (Lipinski definition) is 15. The molecule has 302 valence electrons. The number of nitrogens with two attached hydrogens (primary N) is 1. The van der Waals surface area contributed by atoms with Gasteiger partial charge >= 0.3 is 31.1 Å². The van der Waals surface area contributed by atoms with E-state index in [2.05, 4.69) is 30.6 Å². The summed E-state index contributed by atoms with van der Waals surface area (Å²) < 4.78 is 125. The van der Waals surface area contributed by atoms with Crippen LogP contribution in [0, 0.1) is 0 Å². The van der Waals surface area contributed by atoms with Crippen LogP contribution in [0.25, 0.3) is 0 Å². The van der Waals surface area contributed by atoms with Crippen LogP contribution in [0.5, 0.6) is 0 Å². The highest BCUT2D eigenvalue weighted by Crippen LogP contribution is 2.43. The summed E-state index contributed by atoms with van der Waals surface area (Å²) in [5.74, 6) is 0.442. The molecular formula is C30H37F6N11O4S4. The molecule has 2 unspecified atom stereocenters. The van der Waals surface area contributed by atoms with Crippen molar-refractivity contribution >= 4 is 81.4 Å². The van der Waals surface area contributed by atoms with Crippen molar-refractivity contribution in [2.45, 2.75) is 63.4 Å². The molecule has 2 aromatic carbocycles. The number of nitrogen functional groups attached to an aromatic ring is 1. The number of benzene rings is 2. The number of aromatic nitrogens is 4. The van der Waals surface area contributed by atoms with E-state index in [-0.39, 0.29) is 28.1 Å². The molecule has 0 saturated carbocycles. The van der Waals surface area contributed by atoms with Gasteiger partial charge in [0.25, 0.3) is 5.13 Å². The Morgan fingerprint density at radius 2 is 1.33 bits per heavy atom. The molecule has 2 aliphatic rings. The molecule has 6 rings (SSSR count). The molecule has 25 heteroatoms. The zero-order valence-electron chi connectivity index (χ0n) is 29.6. The van der Waals surface area contributed by atoms with Crippen LogP contribution in [0.3, 0.4) is 0 Å². The van der Waals surface area contributed by atoms with Crippen molar-refractivity contribution in [2.75, 3.05) is 51.2 Å². The van der Waals surface area contributed by atoms with Gasteiger partial charge in [0.15, 0.2) is 0 Å². The van der Waals surface area contributed by atoms with E-state index in [0.717, 1.165) is 60.6 Å². The van der Waals surface area contributed by atoms with E-state index in [9.17, 15) is 43.2 Å². The molecule has 55 heavy (non-hydrogen) atoms. The fourth-order valence-corrected chi connectivity index (χ4v) is 7.33. The van der Waals surface area contributed by atoms with Gasteiger partial charge in [-0.1, -0.05) is 42.6 Å². The summed E-state index contributed by atoms with van der Waals surface area (Å²) in [6.45, 7) is 10.8. The van der Waals surface area contributed by atoms with E-state index >= 15 is 0 Å². The highest BCUT2D eigenvalue weighted by Gasteiger charge is 2.47. The summed E-state index contributed by atoms with van der Waals surface area (Å²) in [4.78, 5) is 4.01. The molecule has 4 heterocycles. The highest BCUT2D eigenvalue weighted by atomic mass is 32.2. The number of nitrogens with zero attached hydrogens (tertiary/aromatic N) is 8. The lowest BCUT2D eigenvalue weighted by Crippen LogP contribution is -2.32. The van der Waals surface area contributed by atoms with Gasteiger partial charge < -0.3 is 15.5 Å². The summed E-state index contributed by atoms with van der Waals surface area (Å²) in [5.41, 5.74) is 0.349. The molecule has 0 radical (unpaired) electrons. The molecule has 0 amide bonds. The Morgan fingerprint density at radius 3 is 1.82 bits per heavy atom. The summed E-state index contributed by atoms with van der Waals surface area (Å²) >= 11 is 2.42. The van der Waals surface area contributed by atoms with E-state index in [1.54, 1.807) is 27.1 Å². The number of rotatable bonds is 8. The topological polar surface area (TPSA) is 201 Å². The Balaban J connectivity index is 0.000000218. The number of alkyl halides is 6. The fourth-order valence-electron chi connectivity index (χ4n) is 5.54. The van der Waals surface area contributed by atoms with Crippen LogP contribution in [0.1, 0.15) is 63.5 Å². The Bertz CT molecular complexity index is 2140. The first-order chi connectivity index (χ1) is 25.7. The first kappa shape index (κ1) is 43.4. The number of anilines is 5. The number of fused-ring (bicyclic) bond motifs is 2.